The van der Waals surface area contributed by atoms with Crippen LogP contribution in [0.1, 0.15) is 11.3 Å². The minimum absolute atomic E-state index is 0.362. The lowest BCUT2D eigenvalue weighted by atomic mass is 10.1. The molecule has 0 saturated heterocycles. The highest BCUT2D eigenvalue weighted by atomic mass is 79.9. The molecule has 0 amide bonds. The Hall–Kier alpha value is -0.800. The van der Waals surface area contributed by atoms with Crippen LogP contribution in [0, 0.1) is 6.92 Å². The predicted octanol–water partition coefficient (Wildman–Crippen LogP) is 4.15. The second-order valence-corrected chi connectivity index (χ2v) is 4.35. The molecule has 0 radical (unpaired) electrons. The largest absolute Gasteiger partial charge is 0.443 e. The molecule has 0 fully saturated rings. The van der Waals surface area contributed by atoms with Gasteiger partial charge >= 0.3 is 0 Å². The Balaban J connectivity index is 2.50. The van der Waals surface area contributed by atoms with E-state index in [1.807, 2.05) is 25.1 Å². The van der Waals surface area contributed by atoms with Crippen LogP contribution in [-0.4, -0.2) is 4.98 Å². The van der Waals surface area contributed by atoms with Gasteiger partial charge in [0.05, 0.1) is 5.88 Å². The van der Waals surface area contributed by atoms with E-state index in [0.717, 1.165) is 27.1 Å². The Kier molecular flexibility index (Phi) is 3.12. The van der Waals surface area contributed by atoms with Crippen LogP contribution in [0.25, 0.3) is 11.3 Å². The summed E-state index contributed by atoms with van der Waals surface area (Å²) < 4.78 is 6.41. The van der Waals surface area contributed by atoms with Gasteiger partial charge < -0.3 is 4.42 Å². The summed E-state index contributed by atoms with van der Waals surface area (Å²) in [5.74, 6) is 1.11. The molecule has 4 heteroatoms. The summed E-state index contributed by atoms with van der Waals surface area (Å²) in [6.07, 6.45) is 1.42. The van der Waals surface area contributed by atoms with Gasteiger partial charge in [-0.25, -0.2) is 4.98 Å². The highest BCUT2D eigenvalue weighted by Crippen LogP contribution is 2.27. The Morgan fingerprint density at radius 2 is 2.27 bits per heavy atom. The smallest absolute Gasteiger partial charge is 0.181 e. The molecular weight excluding hydrogens is 277 g/mol. The van der Waals surface area contributed by atoms with Crippen molar-refractivity contribution >= 4 is 27.5 Å². The van der Waals surface area contributed by atoms with E-state index in [4.69, 9.17) is 16.0 Å². The van der Waals surface area contributed by atoms with Crippen molar-refractivity contribution in [2.24, 2.45) is 0 Å². The SMILES string of the molecule is Cc1cc(-c2ocnc2CCl)ccc1Br. The van der Waals surface area contributed by atoms with Crippen LogP contribution in [0.3, 0.4) is 0 Å². The van der Waals surface area contributed by atoms with E-state index in [1.54, 1.807) is 0 Å². The number of nitrogens with zero attached hydrogens (tertiary/aromatic N) is 1. The Labute approximate surface area is 101 Å². The summed E-state index contributed by atoms with van der Waals surface area (Å²) in [6.45, 7) is 2.03. The lowest BCUT2D eigenvalue weighted by molar-refractivity contribution is 0.571. The molecule has 78 valence electrons. The highest BCUT2D eigenvalue weighted by Gasteiger charge is 2.10. The van der Waals surface area contributed by atoms with Crippen LogP contribution in [0.5, 0.6) is 0 Å². The molecule has 1 aromatic heterocycles. The predicted molar refractivity (Wildman–Crippen MR) is 63.9 cm³/mol. The van der Waals surface area contributed by atoms with Crippen LogP contribution in [0.4, 0.5) is 0 Å². The lowest BCUT2D eigenvalue weighted by Crippen LogP contribution is -1.84. The molecule has 0 saturated carbocycles. The Morgan fingerprint density at radius 1 is 1.47 bits per heavy atom. The molecule has 0 aliphatic rings. The van der Waals surface area contributed by atoms with Crippen LogP contribution in [0.15, 0.2) is 33.5 Å². The number of rotatable bonds is 2. The third-order valence-corrected chi connectivity index (χ3v) is 3.33. The van der Waals surface area contributed by atoms with Gasteiger partial charge in [-0.3, -0.25) is 0 Å². The second kappa shape index (κ2) is 4.37. The van der Waals surface area contributed by atoms with Gasteiger partial charge in [0, 0.05) is 10.0 Å². The van der Waals surface area contributed by atoms with Gasteiger partial charge in [0.2, 0.25) is 0 Å². The van der Waals surface area contributed by atoms with Crippen molar-refractivity contribution < 1.29 is 4.42 Å². The average Bonchev–Trinajstić information content (AvgIpc) is 2.70. The van der Waals surface area contributed by atoms with Crippen molar-refractivity contribution in [3.05, 3.63) is 40.3 Å². The van der Waals surface area contributed by atoms with Crippen molar-refractivity contribution in [1.29, 1.82) is 0 Å². The van der Waals surface area contributed by atoms with Crippen molar-refractivity contribution in [3.8, 4) is 11.3 Å². The first kappa shape index (κ1) is 10.7. The fourth-order valence-corrected chi connectivity index (χ4v) is 1.82. The number of hydrogen-bond acceptors (Lipinski definition) is 2. The number of hydrogen-bond donors (Lipinski definition) is 0. The molecule has 1 aromatic carbocycles. The number of aryl methyl sites for hydroxylation is 1. The Bertz CT molecular complexity index is 481. The molecular formula is C11H9BrClNO. The third-order valence-electron chi connectivity index (χ3n) is 2.19. The topological polar surface area (TPSA) is 26.0 Å². The minimum atomic E-state index is 0.362. The molecule has 0 aliphatic heterocycles. The van der Waals surface area contributed by atoms with Crippen molar-refractivity contribution in [3.63, 3.8) is 0 Å². The fourth-order valence-electron chi connectivity index (χ4n) is 1.39. The molecule has 15 heavy (non-hydrogen) atoms. The zero-order valence-electron chi connectivity index (χ0n) is 8.13. The molecule has 2 aromatic rings. The summed E-state index contributed by atoms with van der Waals surface area (Å²) in [4.78, 5) is 4.05. The summed E-state index contributed by atoms with van der Waals surface area (Å²) in [6, 6.07) is 6.01. The van der Waals surface area contributed by atoms with Crippen LogP contribution >= 0.6 is 27.5 Å². The maximum Gasteiger partial charge on any atom is 0.181 e. The standard InChI is InChI=1S/C11H9BrClNO/c1-7-4-8(2-3-9(7)12)11-10(5-13)14-6-15-11/h2-4,6H,5H2,1H3. The van der Waals surface area contributed by atoms with Gasteiger partial charge in [0.25, 0.3) is 0 Å². The maximum atomic E-state index is 5.76. The van der Waals surface area contributed by atoms with Crippen molar-refractivity contribution in [2.75, 3.05) is 0 Å². The van der Waals surface area contributed by atoms with E-state index in [-0.39, 0.29) is 0 Å². The Morgan fingerprint density at radius 3 is 2.93 bits per heavy atom. The number of aromatic nitrogens is 1. The van der Waals surface area contributed by atoms with Crippen LogP contribution in [0.2, 0.25) is 0 Å². The van der Waals surface area contributed by atoms with Gasteiger partial charge in [-0.1, -0.05) is 22.0 Å². The maximum absolute atomic E-state index is 5.76. The van der Waals surface area contributed by atoms with E-state index in [1.165, 1.54) is 6.39 Å². The molecule has 0 N–H and O–H groups in total. The molecule has 2 nitrogen and oxygen atoms in total. The monoisotopic (exact) mass is 285 g/mol. The van der Waals surface area contributed by atoms with E-state index >= 15 is 0 Å². The van der Waals surface area contributed by atoms with Gasteiger partial charge in [0.15, 0.2) is 12.2 Å². The van der Waals surface area contributed by atoms with Crippen molar-refractivity contribution in [2.45, 2.75) is 12.8 Å². The quantitative estimate of drug-likeness (QED) is 0.775. The van der Waals surface area contributed by atoms with Gasteiger partial charge in [0.1, 0.15) is 5.69 Å². The minimum Gasteiger partial charge on any atom is -0.443 e. The second-order valence-electron chi connectivity index (χ2n) is 3.23. The summed E-state index contributed by atoms with van der Waals surface area (Å²) in [5, 5.41) is 0. The zero-order chi connectivity index (χ0) is 10.8. The van der Waals surface area contributed by atoms with E-state index in [2.05, 4.69) is 20.9 Å². The lowest BCUT2D eigenvalue weighted by Gasteiger charge is -2.02. The first-order chi connectivity index (χ1) is 7.22. The fraction of sp³-hybridized carbons (Fsp3) is 0.182. The molecule has 0 spiro atoms. The normalized spacial score (nSPS) is 10.6. The number of alkyl halides is 1. The molecule has 0 atom stereocenters. The molecule has 2 rings (SSSR count). The van der Waals surface area contributed by atoms with Crippen molar-refractivity contribution in [1.82, 2.24) is 4.98 Å². The summed E-state index contributed by atoms with van der Waals surface area (Å²) in [7, 11) is 0. The van der Waals surface area contributed by atoms with E-state index < -0.39 is 0 Å². The number of oxazole rings is 1. The summed E-state index contributed by atoms with van der Waals surface area (Å²) >= 11 is 9.22. The number of halogens is 2. The molecule has 1 heterocycles. The van der Waals surface area contributed by atoms with E-state index in [0.29, 0.717) is 5.88 Å². The molecule has 0 aliphatic carbocycles. The average molecular weight is 287 g/mol. The van der Waals surface area contributed by atoms with Gasteiger partial charge in [-0.2, -0.15) is 0 Å². The number of benzene rings is 1. The van der Waals surface area contributed by atoms with Crippen LogP contribution in [-0.2, 0) is 5.88 Å². The van der Waals surface area contributed by atoms with Gasteiger partial charge in [-0.05, 0) is 24.6 Å². The van der Waals surface area contributed by atoms with E-state index in [9.17, 15) is 0 Å². The highest BCUT2D eigenvalue weighted by molar-refractivity contribution is 9.10. The molecule has 0 bridgehead atoms. The molecule has 0 unspecified atom stereocenters. The van der Waals surface area contributed by atoms with Gasteiger partial charge in [-0.15, -0.1) is 11.6 Å². The first-order valence-electron chi connectivity index (χ1n) is 4.47. The van der Waals surface area contributed by atoms with Crippen LogP contribution < -0.4 is 0 Å². The first-order valence-corrected chi connectivity index (χ1v) is 5.80. The zero-order valence-corrected chi connectivity index (χ0v) is 10.5. The summed E-state index contributed by atoms with van der Waals surface area (Å²) in [5.41, 5.74) is 2.94. The third kappa shape index (κ3) is 2.08.